The molecule has 1 aliphatic heterocycles. The Hall–Kier alpha value is -3.72. The van der Waals surface area contributed by atoms with Gasteiger partial charge in [0.25, 0.3) is 11.5 Å². The molecule has 3 aromatic heterocycles. The Kier molecular flexibility index (Phi) is 5.79. The van der Waals surface area contributed by atoms with Gasteiger partial charge in [-0.25, -0.2) is 9.97 Å². The van der Waals surface area contributed by atoms with Gasteiger partial charge in [-0.05, 0) is 42.0 Å². The number of hydrogen-bond donors (Lipinski definition) is 1. The summed E-state index contributed by atoms with van der Waals surface area (Å²) in [7, 11) is 1.96. The van der Waals surface area contributed by atoms with Gasteiger partial charge in [0.2, 0.25) is 5.91 Å². The van der Waals surface area contributed by atoms with Crippen molar-refractivity contribution < 1.29 is 9.59 Å². The van der Waals surface area contributed by atoms with Gasteiger partial charge in [-0.2, -0.15) is 0 Å². The van der Waals surface area contributed by atoms with Crippen LogP contribution in [0.3, 0.4) is 0 Å². The third-order valence-electron chi connectivity index (χ3n) is 7.44. The number of rotatable bonds is 6. The van der Waals surface area contributed by atoms with Crippen LogP contribution in [0.2, 0.25) is 5.02 Å². The third kappa shape index (κ3) is 4.34. The highest BCUT2D eigenvalue weighted by atomic mass is 35.5. The normalized spacial score (nSPS) is 16.6. The number of amides is 2. The number of pyridine rings is 2. The van der Waals surface area contributed by atoms with E-state index in [1.54, 1.807) is 29.3 Å². The average Bonchev–Trinajstić information content (AvgIpc) is 3.66. The molecule has 1 aliphatic carbocycles. The minimum absolute atomic E-state index is 0.0453. The topological polar surface area (TPSA) is 102 Å². The molecule has 2 aliphatic rings. The maximum atomic E-state index is 13.6. The van der Waals surface area contributed by atoms with E-state index in [4.69, 9.17) is 16.6 Å². The van der Waals surface area contributed by atoms with Crippen molar-refractivity contribution in [3.63, 3.8) is 0 Å². The van der Waals surface area contributed by atoms with Gasteiger partial charge < -0.3 is 14.8 Å². The number of fused-ring (bicyclic) bond motifs is 3. The molecule has 196 valence electrons. The fourth-order valence-electron chi connectivity index (χ4n) is 5.26. The minimum atomic E-state index is -0.551. The first-order valence-corrected chi connectivity index (χ1v) is 13.2. The van der Waals surface area contributed by atoms with Crippen LogP contribution < -0.4 is 10.9 Å². The maximum Gasteiger partial charge on any atom is 0.265 e. The van der Waals surface area contributed by atoms with Gasteiger partial charge in [0.15, 0.2) is 0 Å². The highest BCUT2D eigenvalue weighted by molar-refractivity contribution is 6.30. The van der Waals surface area contributed by atoms with Crippen LogP contribution >= 0.6 is 11.6 Å². The zero-order valence-electron chi connectivity index (χ0n) is 21.6. The van der Waals surface area contributed by atoms with Crippen LogP contribution in [0, 0.1) is 5.41 Å². The van der Waals surface area contributed by atoms with Crippen molar-refractivity contribution in [2.24, 2.45) is 12.5 Å². The molecule has 0 radical (unpaired) electrons. The predicted octanol–water partition coefficient (Wildman–Crippen LogP) is 3.61. The summed E-state index contributed by atoms with van der Waals surface area (Å²) < 4.78 is 3.35. The Labute approximate surface area is 224 Å². The number of carbonyl (C=O) groups is 2. The molecule has 9 nitrogen and oxygen atoms in total. The number of imidazole rings is 1. The first kappa shape index (κ1) is 24.6. The number of hydrogen-bond acceptors (Lipinski definition) is 5. The van der Waals surface area contributed by atoms with Crippen LogP contribution in [0.1, 0.15) is 54.4 Å². The van der Waals surface area contributed by atoms with Crippen LogP contribution in [-0.4, -0.2) is 48.9 Å². The molecule has 38 heavy (non-hydrogen) atoms. The molecule has 6 rings (SSSR count). The second-order valence-corrected chi connectivity index (χ2v) is 11.6. The Morgan fingerprint density at radius 3 is 2.53 bits per heavy atom. The van der Waals surface area contributed by atoms with Gasteiger partial charge in [-0.3, -0.25) is 19.0 Å². The lowest BCUT2D eigenvalue weighted by atomic mass is 9.84. The molecule has 0 bridgehead atoms. The number of halogens is 1. The minimum Gasteiger partial charge on any atom is -0.348 e. The molecule has 4 heterocycles. The standard InChI is InChI=1S/C28H29ClN6O3/c1-28(2)14-34(15-28)22(36)13-35-25-19(23-21(12-30-25)33(3)24(32-23)17-6-7-17)10-20(27(35)38)26(37)31-11-16-4-8-18(29)9-5-16/h4-5,8-10,12,17H,6-7,11,13-15H2,1-3H3,(H,31,37). The smallest absolute Gasteiger partial charge is 0.265 e. The second kappa shape index (κ2) is 8.94. The highest BCUT2D eigenvalue weighted by Gasteiger charge is 2.37. The first-order chi connectivity index (χ1) is 18.1. The molecule has 0 atom stereocenters. The zero-order chi connectivity index (χ0) is 26.8. The molecular formula is C28H29ClN6O3. The van der Waals surface area contributed by atoms with E-state index < -0.39 is 11.5 Å². The molecule has 1 aromatic carbocycles. The van der Waals surface area contributed by atoms with E-state index >= 15 is 0 Å². The summed E-state index contributed by atoms with van der Waals surface area (Å²) in [5.41, 5.74) is 2.17. The molecular weight excluding hydrogens is 504 g/mol. The Morgan fingerprint density at radius 1 is 1.16 bits per heavy atom. The molecule has 0 unspecified atom stereocenters. The van der Waals surface area contributed by atoms with Gasteiger partial charge in [-0.15, -0.1) is 0 Å². The zero-order valence-corrected chi connectivity index (χ0v) is 22.4. The van der Waals surface area contributed by atoms with Crippen LogP contribution in [0.25, 0.3) is 22.1 Å². The summed E-state index contributed by atoms with van der Waals surface area (Å²) in [5.74, 6) is 0.688. The maximum absolute atomic E-state index is 13.6. The fraction of sp³-hybridized carbons (Fsp3) is 0.393. The quantitative estimate of drug-likeness (QED) is 0.409. The van der Waals surface area contributed by atoms with Crippen molar-refractivity contribution in [3.8, 4) is 0 Å². The molecule has 1 N–H and O–H groups in total. The second-order valence-electron chi connectivity index (χ2n) is 11.2. The van der Waals surface area contributed by atoms with Crippen molar-refractivity contribution in [1.29, 1.82) is 0 Å². The first-order valence-electron chi connectivity index (χ1n) is 12.8. The number of carbonyl (C=O) groups excluding carboxylic acids is 2. The molecule has 2 amide bonds. The van der Waals surface area contributed by atoms with E-state index in [-0.39, 0.29) is 30.0 Å². The summed E-state index contributed by atoms with van der Waals surface area (Å²) in [6.07, 6.45) is 3.88. The number of benzene rings is 1. The number of nitrogens with zero attached hydrogens (tertiary/aromatic N) is 5. The van der Waals surface area contributed by atoms with E-state index in [2.05, 4.69) is 24.1 Å². The van der Waals surface area contributed by atoms with E-state index in [1.807, 2.05) is 23.7 Å². The third-order valence-corrected chi connectivity index (χ3v) is 7.69. The van der Waals surface area contributed by atoms with Gasteiger partial charge in [-0.1, -0.05) is 37.6 Å². The van der Waals surface area contributed by atoms with Crippen molar-refractivity contribution in [2.45, 2.75) is 45.7 Å². The lowest BCUT2D eigenvalue weighted by Crippen LogP contribution is -2.56. The van der Waals surface area contributed by atoms with Crippen LogP contribution in [0.5, 0.6) is 0 Å². The molecule has 1 saturated carbocycles. The number of likely N-dealkylation sites (tertiary alicyclic amines) is 1. The number of aromatic nitrogens is 4. The van der Waals surface area contributed by atoms with E-state index in [0.717, 1.165) is 29.7 Å². The number of aryl methyl sites for hydroxylation is 1. The summed E-state index contributed by atoms with van der Waals surface area (Å²) in [4.78, 5) is 51.3. The Morgan fingerprint density at radius 2 is 1.87 bits per heavy atom. The van der Waals surface area contributed by atoms with Crippen molar-refractivity contribution in [3.05, 3.63) is 68.9 Å². The van der Waals surface area contributed by atoms with Gasteiger partial charge in [0.05, 0.1) is 11.7 Å². The van der Waals surface area contributed by atoms with Crippen molar-refractivity contribution in [1.82, 2.24) is 29.3 Å². The van der Waals surface area contributed by atoms with Crippen molar-refractivity contribution in [2.75, 3.05) is 13.1 Å². The van der Waals surface area contributed by atoms with Gasteiger partial charge in [0, 0.05) is 43.0 Å². The van der Waals surface area contributed by atoms with E-state index in [0.29, 0.717) is 40.6 Å². The molecule has 2 fully saturated rings. The number of nitrogens with one attached hydrogen (secondary N) is 1. The average molecular weight is 533 g/mol. The monoisotopic (exact) mass is 532 g/mol. The summed E-state index contributed by atoms with van der Waals surface area (Å²) in [6.45, 7) is 5.49. The Balaban J connectivity index is 1.43. The van der Waals surface area contributed by atoms with Crippen LogP contribution in [-0.2, 0) is 24.9 Å². The summed E-state index contributed by atoms with van der Waals surface area (Å²) in [6, 6.07) is 8.69. The van der Waals surface area contributed by atoms with Crippen LogP contribution in [0.4, 0.5) is 0 Å². The highest BCUT2D eigenvalue weighted by Crippen LogP contribution is 2.41. The predicted molar refractivity (Wildman–Crippen MR) is 145 cm³/mol. The largest absolute Gasteiger partial charge is 0.348 e. The van der Waals surface area contributed by atoms with E-state index in [9.17, 15) is 14.4 Å². The van der Waals surface area contributed by atoms with Crippen molar-refractivity contribution >= 4 is 45.5 Å². The summed E-state index contributed by atoms with van der Waals surface area (Å²) >= 11 is 5.97. The molecule has 0 spiro atoms. The lowest BCUT2D eigenvalue weighted by molar-refractivity contribution is -0.142. The molecule has 10 heteroatoms. The molecule has 4 aromatic rings. The van der Waals surface area contributed by atoms with Gasteiger partial charge >= 0.3 is 0 Å². The SMILES string of the molecule is Cn1c(C2CC2)nc2c3cc(C(=O)NCc4ccc(Cl)cc4)c(=O)n(CC(=O)N4CC(C)(C)C4)c3ncc21. The Bertz CT molecular complexity index is 1660. The van der Waals surface area contributed by atoms with Gasteiger partial charge in [0.1, 0.15) is 29.1 Å². The lowest BCUT2D eigenvalue weighted by Gasteiger charge is -2.45. The fourth-order valence-corrected chi connectivity index (χ4v) is 5.39. The van der Waals surface area contributed by atoms with E-state index in [1.165, 1.54) is 4.57 Å². The van der Waals surface area contributed by atoms with Crippen LogP contribution in [0.15, 0.2) is 41.3 Å². The summed E-state index contributed by atoms with van der Waals surface area (Å²) in [5, 5.41) is 4.02. The molecule has 1 saturated heterocycles.